The van der Waals surface area contributed by atoms with Crippen molar-refractivity contribution in [1.82, 2.24) is 4.98 Å². The van der Waals surface area contributed by atoms with E-state index in [0.717, 1.165) is 10.2 Å². The Kier molecular flexibility index (Phi) is 3.51. The summed E-state index contributed by atoms with van der Waals surface area (Å²) in [4.78, 5) is 3.75. The van der Waals surface area contributed by atoms with E-state index >= 15 is 0 Å². The predicted octanol–water partition coefficient (Wildman–Crippen LogP) is 3.56. The molecule has 0 saturated carbocycles. The molecular weight excluding hydrogens is 273 g/mol. The summed E-state index contributed by atoms with van der Waals surface area (Å²) in [6, 6.07) is 8.90. The number of aromatic nitrogens is 1. The minimum atomic E-state index is -0.352. The van der Waals surface area contributed by atoms with Crippen molar-refractivity contribution >= 4 is 15.9 Å². The Hall–Kier alpha value is -1.42. The van der Waals surface area contributed by atoms with Gasteiger partial charge < -0.3 is 4.74 Å². The van der Waals surface area contributed by atoms with Gasteiger partial charge in [0.15, 0.2) is 0 Å². The highest BCUT2D eigenvalue weighted by molar-refractivity contribution is 9.10. The summed E-state index contributed by atoms with van der Waals surface area (Å²) >= 11 is 3.35. The first-order chi connectivity index (χ1) is 7.74. The average molecular weight is 282 g/mol. The normalized spacial score (nSPS) is 10.1. The van der Waals surface area contributed by atoms with Crippen LogP contribution >= 0.6 is 15.9 Å². The number of benzene rings is 1. The van der Waals surface area contributed by atoms with Crippen LogP contribution in [0.15, 0.2) is 47.2 Å². The van der Waals surface area contributed by atoms with Crippen LogP contribution in [0.3, 0.4) is 0 Å². The van der Waals surface area contributed by atoms with Crippen molar-refractivity contribution in [3.63, 3.8) is 0 Å². The molecule has 1 aromatic heterocycles. The Labute approximate surface area is 101 Å². The van der Waals surface area contributed by atoms with Gasteiger partial charge in [-0.2, -0.15) is 0 Å². The van der Waals surface area contributed by atoms with E-state index in [-0.39, 0.29) is 5.82 Å². The molecule has 0 saturated heterocycles. The first kappa shape index (κ1) is 11.1. The molecule has 2 aromatic rings. The summed E-state index contributed by atoms with van der Waals surface area (Å²) < 4.78 is 19.3. The fraction of sp³-hybridized carbons (Fsp3) is 0.0833. The van der Waals surface area contributed by atoms with E-state index in [2.05, 4.69) is 20.9 Å². The summed E-state index contributed by atoms with van der Waals surface area (Å²) in [6.45, 7) is 0.307. The number of nitrogens with zero attached hydrogens (tertiary/aromatic N) is 1. The number of pyridine rings is 1. The van der Waals surface area contributed by atoms with Gasteiger partial charge in [0, 0.05) is 16.2 Å². The van der Waals surface area contributed by atoms with Crippen molar-refractivity contribution < 1.29 is 9.13 Å². The van der Waals surface area contributed by atoms with Crippen LogP contribution in [-0.4, -0.2) is 4.98 Å². The molecule has 0 spiro atoms. The molecule has 82 valence electrons. The Morgan fingerprint density at radius 2 is 2.12 bits per heavy atom. The van der Waals surface area contributed by atoms with E-state index in [1.807, 2.05) is 24.3 Å². The van der Waals surface area contributed by atoms with Gasteiger partial charge in [0.25, 0.3) is 0 Å². The average Bonchev–Trinajstić information content (AvgIpc) is 2.27. The van der Waals surface area contributed by atoms with Crippen molar-refractivity contribution in [2.24, 2.45) is 0 Å². The monoisotopic (exact) mass is 281 g/mol. The lowest BCUT2D eigenvalue weighted by Gasteiger charge is -2.06. The third kappa shape index (κ3) is 3.03. The van der Waals surface area contributed by atoms with Crippen molar-refractivity contribution in [2.45, 2.75) is 6.61 Å². The standard InChI is InChI=1S/C12H9BrFNO/c13-10-2-1-3-12(5-10)16-8-9-4-11(14)7-15-6-9/h1-7H,8H2. The van der Waals surface area contributed by atoms with Crippen molar-refractivity contribution in [2.75, 3.05) is 0 Å². The molecule has 16 heavy (non-hydrogen) atoms. The second-order valence-electron chi connectivity index (χ2n) is 3.26. The first-order valence-electron chi connectivity index (χ1n) is 4.72. The molecule has 0 bridgehead atoms. The Balaban J connectivity index is 2.02. The third-order valence-corrected chi connectivity index (χ3v) is 2.46. The van der Waals surface area contributed by atoms with E-state index in [0.29, 0.717) is 12.2 Å². The second-order valence-corrected chi connectivity index (χ2v) is 4.17. The summed E-state index contributed by atoms with van der Waals surface area (Å²) in [7, 11) is 0. The van der Waals surface area contributed by atoms with E-state index < -0.39 is 0 Å². The summed E-state index contributed by atoms with van der Waals surface area (Å²) in [5.74, 6) is 0.383. The lowest BCUT2D eigenvalue weighted by atomic mass is 10.3. The number of hydrogen-bond acceptors (Lipinski definition) is 2. The van der Waals surface area contributed by atoms with Crippen LogP contribution in [0.5, 0.6) is 5.75 Å². The van der Waals surface area contributed by atoms with Crippen LogP contribution in [0.25, 0.3) is 0 Å². The van der Waals surface area contributed by atoms with E-state index in [1.54, 1.807) is 6.20 Å². The van der Waals surface area contributed by atoms with Gasteiger partial charge in [-0.1, -0.05) is 22.0 Å². The van der Waals surface area contributed by atoms with Crippen LogP contribution in [-0.2, 0) is 6.61 Å². The number of rotatable bonds is 3. The van der Waals surface area contributed by atoms with Gasteiger partial charge in [-0.25, -0.2) is 4.39 Å². The lowest BCUT2D eigenvalue weighted by molar-refractivity contribution is 0.305. The third-order valence-electron chi connectivity index (χ3n) is 1.96. The molecule has 1 aromatic carbocycles. The summed E-state index contributed by atoms with van der Waals surface area (Å²) in [6.07, 6.45) is 2.75. The van der Waals surface area contributed by atoms with Gasteiger partial charge >= 0.3 is 0 Å². The predicted molar refractivity (Wildman–Crippen MR) is 62.7 cm³/mol. The Morgan fingerprint density at radius 1 is 1.25 bits per heavy atom. The molecule has 0 atom stereocenters. The van der Waals surface area contributed by atoms with Gasteiger partial charge in [-0.15, -0.1) is 0 Å². The van der Waals surface area contributed by atoms with Gasteiger partial charge in [0.05, 0.1) is 6.20 Å². The maximum absolute atomic E-state index is 12.8. The van der Waals surface area contributed by atoms with Crippen molar-refractivity contribution in [1.29, 1.82) is 0 Å². The first-order valence-corrected chi connectivity index (χ1v) is 5.51. The molecule has 0 radical (unpaired) electrons. The van der Waals surface area contributed by atoms with Gasteiger partial charge in [-0.3, -0.25) is 4.98 Å². The quantitative estimate of drug-likeness (QED) is 0.858. The van der Waals surface area contributed by atoms with Crippen molar-refractivity contribution in [3.05, 3.63) is 58.6 Å². The smallest absolute Gasteiger partial charge is 0.141 e. The van der Waals surface area contributed by atoms with Gasteiger partial charge in [0.2, 0.25) is 0 Å². The van der Waals surface area contributed by atoms with Gasteiger partial charge in [-0.05, 0) is 24.3 Å². The Bertz CT molecular complexity index is 444. The molecular formula is C12H9BrFNO. The zero-order valence-corrected chi connectivity index (χ0v) is 9.95. The number of hydrogen-bond donors (Lipinski definition) is 0. The van der Waals surface area contributed by atoms with Crippen molar-refractivity contribution in [3.8, 4) is 5.75 Å². The van der Waals surface area contributed by atoms with Crippen LogP contribution in [0.1, 0.15) is 5.56 Å². The molecule has 0 aliphatic heterocycles. The molecule has 1 heterocycles. The largest absolute Gasteiger partial charge is 0.489 e. The van der Waals surface area contributed by atoms with Crippen LogP contribution < -0.4 is 4.74 Å². The van der Waals surface area contributed by atoms with Crippen LogP contribution in [0.2, 0.25) is 0 Å². The molecule has 2 rings (SSSR count). The zero-order valence-electron chi connectivity index (χ0n) is 8.36. The molecule has 0 aliphatic rings. The number of ether oxygens (including phenoxy) is 1. The molecule has 0 unspecified atom stereocenters. The lowest BCUT2D eigenvalue weighted by Crippen LogP contribution is -1.96. The maximum atomic E-state index is 12.8. The van der Waals surface area contributed by atoms with Crippen LogP contribution in [0.4, 0.5) is 4.39 Å². The fourth-order valence-corrected chi connectivity index (χ4v) is 1.64. The molecule has 2 nitrogen and oxygen atoms in total. The molecule has 0 aliphatic carbocycles. The van der Waals surface area contributed by atoms with E-state index in [9.17, 15) is 4.39 Å². The molecule has 0 fully saturated rings. The molecule has 0 N–H and O–H groups in total. The van der Waals surface area contributed by atoms with E-state index in [1.165, 1.54) is 12.3 Å². The zero-order chi connectivity index (χ0) is 11.4. The SMILES string of the molecule is Fc1cncc(COc2cccc(Br)c2)c1. The Morgan fingerprint density at radius 3 is 2.88 bits per heavy atom. The summed E-state index contributed by atoms with van der Waals surface area (Å²) in [5.41, 5.74) is 0.708. The number of halogens is 2. The molecule has 0 amide bonds. The second kappa shape index (κ2) is 5.07. The minimum Gasteiger partial charge on any atom is -0.489 e. The highest BCUT2D eigenvalue weighted by atomic mass is 79.9. The fourth-order valence-electron chi connectivity index (χ4n) is 1.26. The maximum Gasteiger partial charge on any atom is 0.141 e. The van der Waals surface area contributed by atoms with Gasteiger partial charge in [0.1, 0.15) is 18.2 Å². The van der Waals surface area contributed by atoms with Crippen LogP contribution in [0, 0.1) is 5.82 Å². The highest BCUT2D eigenvalue weighted by Crippen LogP contribution is 2.18. The minimum absolute atomic E-state index is 0.307. The molecule has 4 heteroatoms. The van der Waals surface area contributed by atoms with E-state index in [4.69, 9.17) is 4.74 Å². The highest BCUT2D eigenvalue weighted by Gasteiger charge is 1.98. The topological polar surface area (TPSA) is 22.1 Å². The summed E-state index contributed by atoms with van der Waals surface area (Å²) in [5, 5.41) is 0.